The number of hydrogen-bond acceptors (Lipinski definition) is 14. The highest BCUT2D eigenvalue weighted by Crippen LogP contribution is 2.49. The predicted octanol–water partition coefficient (Wildman–Crippen LogP) is 6.62. The van der Waals surface area contributed by atoms with Crippen molar-refractivity contribution >= 4 is 40.9 Å². The summed E-state index contributed by atoms with van der Waals surface area (Å²) in [6.07, 6.45) is 3.26. The van der Waals surface area contributed by atoms with Gasteiger partial charge in [-0.05, 0) is 59.8 Å². The van der Waals surface area contributed by atoms with Gasteiger partial charge in [-0.2, -0.15) is 0 Å². The van der Waals surface area contributed by atoms with Gasteiger partial charge in [-0.15, -0.1) is 0 Å². The number of anilines is 1. The van der Waals surface area contributed by atoms with E-state index in [1.807, 2.05) is 6.92 Å². The number of carbonyl (C=O) groups excluding carboxylic acids is 6. The number of Topliss-reactive ketones (excluding diaryl/α,β-unsaturated/α-hetero) is 3. The SMILES string of the molecule is CO[C@H]1/C=C/O[C@@]2(C)Oc3c(C)c(OC(=O)C(C)(C)C)c4c(c3C2=O)C(=O)C(Nc2ccc(C)cc2)=C(NC(=O)/C(C)=C\C=C\[C@H](C)[C@H](O)[C@@H](C)[C@H](O)[C@H](C)[C@H](OC(C)=O)[C@@H]1C)C4=O. The molecule has 0 saturated carbocycles. The molecular weight excluding hydrogens is 825 g/mol. The summed E-state index contributed by atoms with van der Waals surface area (Å²) in [7, 11) is 1.42. The lowest BCUT2D eigenvalue weighted by atomic mass is 9.78. The number of esters is 2. The fraction of sp³-hybridized carbons (Fsp3) is 0.469. The number of methoxy groups -OCH3 is 1. The molecular formula is C49H60N2O13. The number of carbonyl (C=O) groups is 6. The topological polar surface area (TPSA) is 213 Å². The summed E-state index contributed by atoms with van der Waals surface area (Å²) >= 11 is 0. The number of ketones is 3. The number of ether oxygens (including phenoxy) is 5. The van der Waals surface area contributed by atoms with Crippen LogP contribution in [0.25, 0.3) is 0 Å². The van der Waals surface area contributed by atoms with Crippen LogP contribution in [0.15, 0.2) is 71.8 Å². The molecule has 5 bridgehead atoms. The number of aryl methyl sites for hydroxylation is 1. The molecule has 6 rings (SSSR count). The van der Waals surface area contributed by atoms with Gasteiger partial charge in [-0.3, -0.25) is 28.8 Å². The monoisotopic (exact) mass is 884 g/mol. The lowest BCUT2D eigenvalue weighted by molar-refractivity contribution is -0.160. The van der Waals surface area contributed by atoms with E-state index in [0.717, 1.165) is 5.56 Å². The fourth-order valence-electron chi connectivity index (χ4n) is 7.95. The van der Waals surface area contributed by atoms with Gasteiger partial charge in [0.25, 0.3) is 11.7 Å². The highest BCUT2D eigenvalue weighted by molar-refractivity contribution is 6.33. The van der Waals surface area contributed by atoms with Crippen molar-refractivity contribution in [2.75, 3.05) is 12.4 Å². The minimum Gasteiger partial charge on any atom is -0.462 e. The van der Waals surface area contributed by atoms with Gasteiger partial charge in [0.2, 0.25) is 11.6 Å². The highest BCUT2D eigenvalue weighted by atomic mass is 16.7. The lowest BCUT2D eigenvalue weighted by Gasteiger charge is -2.38. The molecule has 64 heavy (non-hydrogen) atoms. The van der Waals surface area contributed by atoms with Gasteiger partial charge in [0, 0.05) is 61.5 Å². The summed E-state index contributed by atoms with van der Waals surface area (Å²) < 4.78 is 29.8. The second-order valence-electron chi connectivity index (χ2n) is 18.2. The molecule has 9 atom stereocenters. The first-order chi connectivity index (χ1) is 29.8. The molecule has 0 fully saturated rings. The minimum atomic E-state index is -2.15. The van der Waals surface area contributed by atoms with Gasteiger partial charge in [-0.1, -0.05) is 63.6 Å². The zero-order valence-corrected chi connectivity index (χ0v) is 38.7. The van der Waals surface area contributed by atoms with E-state index in [9.17, 15) is 29.4 Å². The summed E-state index contributed by atoms with van der Waals surface area (Å²) in [6.45, 7) is 19.0. The second kappa shape index (κ2) is 19.1. The van der Waals surface area contributed by atoms with Crippen LogP contribution in [-0.4, -0.2) is 82.7 Å². The third kappa shape index (κ3) is 9.76. The highest BCUT2D eigenvalue weighted by Gasteiger charge is 2.53. The van der Waals surface area contributed by atoms with Crippen LogP contribution in [0, 0.1) is 42.9 Å². The molecule has 1 amide bonds. The van der Waals surface area contributed by atoms with E-state index in [-0.39, 0.29) is 33.9 Å². The summed E-state index contributed by atoms with van der Waals surface area (Å²) in [5.74, 6) is -10.1. The quantitative estimate of drug-likeness (QED) is 0.184. The molecule has 344 valence electrons. The average Bonchev–Trinajstić information content (AvgIpc) is 3.50. The molecule has 0 saturated heterocycles. The van der Waals surface area contributed by atoms with Crippen molar-refractivity contribution in [3.8, 4) is 11.5 Å². The third-order valence-electron chi connectivity index (χ3n) is 12.1. The van der Waals surface area contributed by atoms with Crippen LogP contribution in [0.5, 0.6) is 11.5 Å². The zero-order chi connectivity index (χ0) is 47.7. The fourth-order valence-corrected chi connectivity index (χ4v) is 7.95. The molecule has 0 spiro atoms. The molecule has 4 aliphatic rings. The Morgan fingerprint density at radius 3 is 2.09 bits per heavy atom. The van der Waals surface area contributed by atoms with E-state index < -0.39 is 111 Å². The Morgan fingerprint density at radius 1 is 0.859 bits per heavy atom. The van der Waals surface area contributed by atoms with Crippen LogP contribution in [-0.2, 0) is 28.6 Å². The summed E-state index contributed by atoms with van der Waals surface area (Å²) in [4.78, 5) is 84.8. The molecule has 4 N–H and O–H groups in total. The Morgan fingerprint density at radius 2 is 1.50 bits per heavy atom. The maximum atomic E-state index is 15.1. The first kappa shape index (κ1) is 49.1. The van der Waals surface area contributed by atoms with Gasteiger partial charge >= 0.3 is 17.7 Å². The Balaban J connectivity index is 1.76. The second-order valence-corrected chi connectivity index (χ2v) is 18.2. The van der Waals surface area contributed by atoms with Crippen molar-refractivity contribution in [1.82, 2.24) is 5.32 Å². The van der Waals surface area contributed by atoms with Gasteiger partial charge in [0.1, 0.15) is 29.0 Å². The van der Waals surface area contributed by atoms with Crippen LogP contribution >= 0.6 is 0 Å². The summed E-state index contributed by atoms with van der Waals surface area (Å²) in [5, 5.41) is 28.6. The minimum absolute atomic E-state index is 0.0372. The smallest absolute Gasteiger partial charge is 0.316 e. The molecule has 3 aliphatic heterocycles. The van der Waals surface area contributed by atoms with Crippen LogP contribution in [0.1, 0.15) is 111 Å². The van der Waals surface area contributed by atoms with E-state index in [4.69, 9.17) is 23.7 Å². The predicted molar refractivity (Wildman–Crippen MR) is 236 cm³/mol. The maximum absolute atomic E-state index is 15.1. The van der Waals surface area contributed by atoms with Crippen molar-refractivity contribution < 1.29 is 62.7 Å². The van der Waals surface area contributed by atoms with E-state index >= 15 is 9.59 Å². The van der Waals surface area contributed by atoms with Crippen LogP contribution in [0.3, 0.4) is 0 Å². The van der Waals surface area contributed by atoms with Gasteiger partial charge in [0.15, 0.2) is 0 Å². The van der Waals surface area contributed by atoms with Gasteiger partial charge < -0.3 is 44.5 Å². The van der Waals surface area contributed by atoms with Crippen molar-refractivity contribution in [2.45, 2.75) is 113 Å². The number of hydrogen-bond donors (Lipinski definition) is 4. The number of benzene rings is 2. The number of fused-ring (bicyclic) bond motifs is 14. The lowest BCUT2D eigenvalue weighted by Crippen LogP contribution is -2.46. The van der Waals surface area contributed by atoms with Crippen LogP contribution in [0.2, 0.25) is 0 Å². The number of allylic oxidation sites excluding steroid dienone is 4. The standard InChI is InChI=1S/C49H60N2O13/c1-23-17-19-31(20-18-23)50-36-37-41(56)34-33(40(36)55)35-44(29(7)43(34)63-47(59)48(9,10)11)64-49(12,45(35)57)61-22-21-32(60-13)26(4)42(62-30(8)52)28(6)39(54)27(5)38(53)24(2)15-14-16-25(3)46(58)51-37/h14-22,24,26-28,32,38-39,42,50,53-54H,1-13H3,(H,51,58)/b15-14+,22-21+,25-16-/t24-,26+,27+,28-,32-,38-,39-,42+,49-/m0/s1. The maximum Gasteiger partial charge on any atom is 0.316 e. The van der Waals surface area contributed by atoms with E-state index in [1.165, 1.54) is 53.2 Å². The number of aliphatic hydroxyl groups excluding tert-OH is 2. The van der Waals surface area contributed by atoms with E-state index in [1.54, 1.807) is 84.9 Å². The third-order valence-corrected chi connectivity index (χ3v) is 12.1. The van der Waals surface area contributed by atoms with Crippen molar-refractivity contribution in [2.24, 2.45) is 29.1 Å². The van der Waals surface area contributed by atoms with Crippen LogP contribution in [0.4, 0.5) is 5.69 Å². The van der Waals surface area contributed by atoms with E-state index in [2.05, 4.69) is 10.6 Å². The molecule has 2 aromatic rings. The Labute approximate surface area is 373 Å². The molecule has 15 heteroatoms. The largest absolute Gasteiger partial charge is 0.462 e. The first-order valence-electron chi connectivity index (χ1n) is 21.3. The Kier molecular flexibility index (Phi) is 14.6. The number of rotatable bonds is 5. The molecule has 15 nitrogen and oxygen atoms in total. The first-order valence-corrected chi connectivity index (χ1v) is 21.3. The normalized spacial score (nSPS) is 29.8. The summed E-state index contributed by atoms with van der Waals surface area (Å²) in [6, 6.07) is 6.89. The molecule has 0 unspecified atom stereocenters. The molecule has 0 aromatic heterocycles. The van der Waals surface area contributed by atoms with Crippen molar-refractivity contribution in [3.05, 3.63) is 99.6 Å². The van der Waals surface area contributed by atoms with Crippen LogP contribution < -0.4 is 20.1 Å². The molecule has 3 heterocycles. The number of amides is 1. The molecule has 1 aliphatic carbocycles. The average molecular weight is 885 g/mol. The number of aliphatic hydroxyl groups is 2. The van der Waals surface area contributed by atoms with Gasteiger partial charge in [0.05, 0.1) is 46.7 Å². The molecule has 2 aromatic carbocycles. The summed E-state index contributed by atoms with van der Waals surface area (Å²) in [5.41, 5.74) is -1.68. The van der Waals surface area contributed by atoms with Gasteiger partial charge in [-0.25, -0.2) is 0 Å². The Hall–Kier alpha value is -5.90. The van der Waals surface area contributed by atoms with Crippen molar-refractivity contribution in [1.29, 1.82) is 0 Å². The van der Waals surface area contributed by atoms with Crippen molar-refractivity contribution in [3.63, 3.8) is 0 Å². The number of nitrogens with one attached hydrogen (secondary N) is 2. The Bertz CT molecular complexity index is 2350. The van der Waals surface area contributed by atoms with E-state index in [0.29, 0.717) is 5.69 Å². The molecule has 0 radical (unpaired) electrons. The zero-order valence-electron chi connectivity index (χ0n) is 38.7.